The van der Waals surface area contributed by atoms with Gasteiger partial charge in [0.25, 0.3) is 0 Å². The maximum absolute atomic E-state index is 11.2. The molecule has 0 atom stereocenters. The smallest absolute Gasteiger partial charge is 0.348 e. The van der Waals surface area contributed by atoms with Crippen LogP contribution in [0.1, 0.15) is 0 Å². The minimum Gasteiger partial charge on any atom is -0.383 e. The van der Waals surface area contributed by atoms with Crippen LogP contribution in [0.3, 0.4) is 0 Å². The third-order valence-corrected chi connectivity index (χ3v) is 2.06. The number of hydrogen-bond acceptors (Lipinski definition) is 4. The predicted octanol–water partition coefficient (Wildman–Crippen LogP) is -0.137. The molecule has 0 saturated carbocycles. The molecule has 14 heavy (non-hydrogen) atoms. The molecular formula is C9H15N3O2. The second kappa shape index (κ2) is 4.76. The summed E-state index contributed by atoms with van der Waals surface area (Å²) in [5.74, 6) is 0.835. The molecule has 0 fully saturated rings. The van der Waals surface area contributed by atoms with Crippen LogP contribution in [0.25, 0.3) is 0 Å². The van der Waals surface area contributed by atoms with Gasteiger partial charge in [0.1, 0.15) is 5.82 Å². The summed E-state index contributed by atoms with van der Waals surface area (Å²) in [4.78, 5) is 16.8. The fourth-order valence-corrected chi connectivity index (χ4v) is 1.19. The zero-order valence-electron chi connectivity index (χ0n) is 8.73. The maximum atomic E-state index is 11.2. The van der Waals surface area contributed by atoms with Crippen molar-refractivity contribution in [1.29, 1.82) is 0 Å². The lowest BCUT2D eigenvalue weighted by atomic mass is 10.5. The minimum absolute atomic E-state index is 0.244. The molecule has 1 heterocycles. The van der Waals surface area contributed by atoms with Crippen molar-refractivity contribution in [3.05, 3.63) is 22.7 Å². The van der Waals surface area contributed by atoms with E-state index in [0.717, 1.165) is 12.4 Å². The van der Waals surface area contributed by atoms with Gasteiger partial charge in [0.2, 0.25) is 0 Å². The topological polar surface area (TPSA) is 47.4 Å². The zero-order valence-corrected chi connectivity index (χ0v) is 8.73. The lowest BCUT2D eigenvalue weighted by Crippen LogP contribution is -2.30. The third kappa shape index (κ3) is 2.32. The molecule has 0 N–H and O–H groups in total. The molecule has 0 saturated heterocycles. The van der Waals surface area contributed by atoms with Gasteiger partial charge in [-0.2, -0.15) is 0 Å². The Morgan fingerprint density at radius 1 is 1.64 bits per heavy atom. The van der Waals surface area contributed by atoms with Gasteiger partial charge >= 0.3 is 5.69 Å². The molecule has 5 heteroatoms. The van der Waals surface area contributed by atoms with Crippen molar-refractivity contribution < 1.29 is 4.74 Å². The van der Waals surface area contributed by atoms with Gasteiger partial charge in [-0.1, -0.05) is 0 Å². The Balaban J connectivity index is 2.84. The van der Waals surface area contributed by atoms with Crippen LogP contribution < -0.4 is 10.6 Å². The molecule has 0 spiro atoms. The van der Waals surface area contributed by atoms with Gasteiger partial charge in [0.05, 0.1) is 6.61 Å². The fraction of sp³-hybridized carbons (Fsp3) is 0.556. The van der Waals surface area contributed by atoms with Crippen LogP contribution in [-0.2, 0) is 11.8 Å². The lowest BCUT2D eigenvalue weighted by Gasteiger charge is -2.20. The summed E-state index contributed by atoms with van der Waals surface area (Å²) in [5.41, 5.74) is -0.244. The first kappa shape index (κ1) is 10.7. The summed E-state index contributed by atoms with van der Waals surface area (Å²) in [6.07, 6.45) is 1.51. The zero-order chi connectivity index (χ0) is 10.6. The van der Waals surface area contributed by atoms with Crippen LogP contribution in [0.15, 0.2) is 17.1 Å². The van der Waals surface area contributed by atoms with Crippen LogP contribution >= 0.6 is 0 Å². The monoisotopic (exact) mass is 197 g/mol. The van der Waals surface area contributed by atoms with E-state index in [1.165, 1.54) is 10.8 Å². The first-order valence-corrected chi connectivity index (χ1v) is 4.39. The van der Waals surface area contributed by atoms with Crippen molar-refractivity contribution in [3.63, 3.8) is 0 Å². The predicted molar refractivity (Wildman–Crippen MR) is 54.6 cm³/mol. The highest BCUT2D eigenvalue weighted by atomic mass is 16.5. The minimum atomic E-state index is -0.244. The number of aromatic nitrogens is 2. The first-order valence-electron chi connectivity index (χ1n) is 4.39. The number of ether oxygens (including phenoxy) is 1. The Kier molecular flexibility index (Phi) is 3.64. The van der Waals surface area contributed by atoms with Gasteiger partial charge < -0.3 is 9.64 Å². The lowest BCUT2D eigenvalue weighted by molar-refractivity contribution is 0.206. The SMILES string of the molecule is COCCN(C)c1ccnc(=O)n1C. The summed E-state index contributed by atoms with van der Waals surface area (Å²) < 4.78 is 6.47. The van der Waals surface area contributed by atoms with Crippen LogP contribution in [-0.4, -0.2) is 36.9 Å². The van der Waals surface area contributed by atoms with Gasteiger partial charge in [0, 0.05) is 33.9 Å². The number of anilines is 1. The van der Waals surface area contributed by atoms with E-state index in [0.29, 0.717) is 6.61 Å². The van der Waals surface area contributed by atoms with E-state index in [9.17, 15) is 4.79 Å². The second-order valence-electron chi connectivity index (χ2n) is 3.06. The van der Waals surface area contributed by atoms with E-state index in [4.69, 9.17) is 4.74 Å². The molecule has 0 unspecified atom stereocenters. The van der Waals surface area contributed by atoms with Crippen molar-refractivity contribution in [2.75, 3.05) is 32.2 Å². The van der Waals surface area contributed by atoms with Gasteiger partial charge in [0.15, 0.2) is 0 Å². The molecular weight excluding hydrogens is 182 g/mol. The number of methoxy groups -OCH3 is 1. The summed E-state index contributed by atoms with van der Waals surface area (Å²) in [6, 6.07) is 1.80. The highest BCUT2D eigenvalue weighted by molar-refractivity contribution is 5.36. The molecule has 78 valence electrons. The van der Waals surface area contributed by atoms with Crippen LogP contribution in [0.5, 0.6) is 0 Å². The number of hydrogen-bond donors (Lipinski definition) is 0. The number of nitrogens with zero attached hydrogens (tertiary/aromatic N) is 3. The molecule has 0 radical (unpaired) electrons. The standard InChI is InChI=1S/C9H15N3O2/c1-11(6-7-14-3)8-4-5-10-9(13)12(8)2/h4-5H,6-7H2,1-3H3. The van der Waals surface area contributed by atoms with Crippen LogP contribution in [0, 0.1) is 0 Å². The maximum Gasteiger partial charge on any atom is 0.348 e. The van der Waals surface area contributed by atoms with Crippen LogP contribution in [0.2, 0.25) is 0 Å². The van der Waals surface area contributed by atoms with Gasteiger partial charge in [-0.25, -0.2) is 9.78 Å². The van der Waals surface area contributed by atoms with E-state index in [1.54, 1.807) is 20.2 Å². The molecule has 0 aromatic carbocycles. The largest absolute Gasteiger partial charge is 0.383 e. The van der Waals surface area contributed by atoms with Crippen molar-refractivity contribution >= 4 is 5.82 Å². The summed E-state index contributed by atoms with van der Waals surface area (Å²) >= 11 is 0. The Hall–Kier alpha value is -1.36. The average Bonchev–Trinajstić information content (AvgIpc) is 2.18. The van der Waals surface area contributed by atoms with Gasteiger partial charge in [-0.3, -0.25) is 4.57 Å². The Morgan fingerprint density at radius 2 is 2.36 bits per heavy atom. The van der Waals surface area contributed by atoms with Crippen molar-refractivity contribution in [1.82, 2.24) is 9.55 Å². The number of rotatable bonds is 4. The Morgan fingerprint density at radius 3 is 3.00 bits per heavy atom. The quantitative estimate of drug-likeness (QED) is 0.674. The average molecular weight is 197 g/mol. The van der Waals surface area contributed by atoms with E-state index in [-0.39, 0.29) is 5.69 Å². The molecule has 1 rings (SSSR count). The highest BCUT2D eigenvalue weighted by Gasteiger charge is 2.04. The third-order valence-electron chi connectivity index (χ3n) is 2.06. The number of likely N-dealkylation sites (N-methyl/N-ethyl adjacent to an activating group) is 1. The Bertz CT molecular complexity index is 348. The summed E-state index contributed by atoms with van der Waals surface area (Å²) in [5, 5.41) is 0. The van der Waals surface area contributed by atoms with Crippen molar-refractivity contribution in [2.45, 2.75) is 0 Å². The summed E-state index contributed by atoms with van der Waals surface area (Å²) in [7, 11) is 5.27. The van der Waals surface area contributed by atoms with Crippen LogP contribution in [0.4, 0.5) is 5.82 Å². The molecule has 0 aliphatic heterocycles. The molecule has 1 aromatic rings. The first-order chi connectivity index (χ1) is 6.66. The van der Waals surface area contributed by atoms with E-state index in [1.807, 2.05) is 11.9 Å². The molecule has 1 aromatic heterocycles. The molecule has 0 aliphatic carbocycles. The molecule has 0 amide bonds. The van der Waals surface area contributed by atoms with Gasteiger partial charge in [-0.05, 0) is 6.07 Å². The Labute approximate surface area is 82.9 Å². The highest BCUT2D eigenvalue weighted by Crippen LogP contribution is 2.06. The molecule has 0 bridgehead atoms. The second-order valence-corrected chi connectivity index (χ2v) is 3.06. The van der Waals surface area contributed by atoms with E-state index in [2.05, 4.69) is 4.98 Å². The van der Waals surface area contributed by atoms with Crippen molar-refractivity contribution in [3.8, 4) is 0 Å². The van der Waals surface area contributed by atoms with E-state index < -0.39 is 0 Å². The fourth-order valence-electron chi connectivity index (χ4n) is 1.19. The van der Waals surface area contributed by atoms with E-state index >= 15 is 0 Å². The summed E-state index contributed by atoms with van der Waals surface area (Å²) in [6.45, 7) is 1.38. The van der Waals surface area contributed by atoms with Crippen molar-refractivity contribution in [2.24, 2.45) is 7.05 Å². The van der Waals surface area contributed by atoms with Gasteiger partial charge in [-0.15, -0.1) is 0 Å². The molecule has 5 nitrogen and oxygen atoms in total. The normalized spacial score (nSPS) is 10.2. The molecule has 0 aliphatic rings.